The van der Waals surface area contributed by atoms with Crippen LogP contribution in [0.4, 0.5) is 5.69 Å². The van der Waals surface area contributed by atoms with Gasteiger partial charge in [0.25, 0.3) is 0 Å². The zero-order valence-electron chi connectivity index (χ0n) is 9.09. The highest BCUT2D eigenvalue weighted by molar-refractivity contribution is 5.59. The standard InChI is InChI=1S/C13H17N/c1-5-11-9-7-8-10-12(11)14-13(3,4)6-2/h1,7-10,14H,6H2,2-4H3. The molecule has 0 saturated carbocycles. The minimum absolute atomic E-state index is 0.0902. The summed E-state index contributed by atoms with van der Waals surface area (Å²) in [6.45, 7) is 6.49. The Kier molecular flexibility index (Phi) is 3.19. The van der Waals surface area contributed by atoms with E-state index in [0.717, 1.165) is 17.7 Å². The van der Waals surface area contributed by atoms with Crippen molar-refractivity contribution < 1.29 is 0 Å². The average Bonchev–Trinajstić information content (AvgIpc) is 2.18. The Hall–Kier alpha value is -1.42. The molecule has 0 atom stereocenters. The molecule has 0 saturated heterocycles. The van der Waals surface area contributed by atoms with Crippen LogP contribution in [-0.4, -0.2) is 5.54 Å². The van der Waals surface area contributed by atoms with E-state index in [1.54, 1.807) is 0 Å². The molecule has 1 aromatic carbocycles. The summed E-state index contributed by atoms with van der Waals surface area (Å²) in [5.74, 6) is 2.68. The molecule has 0 unspecified atom stereocenters. The number of rotatable bonds is 3. The average molecular weight is 187 g/mol. The van der Waals surface area contributed by atoms with E-state index < -0.39 is 0 Å². The van der Waals surface area contributed by atoms with Crippen LogP contribution in [0.2, 0.25) is 0 Å². The van der Waals surface area contributed by atoms with Gasteiger partial charge in [0.1, 0.15) is 0 Å². The van der Waals surface area contributed by atoms with E-state index in [1.807, 2.05) is 24.3 Å². The lowest BCUT2D eigenvalue weighted by Crippen LogP contribution is -2.29. The Balaban J connectivity index is 2.92. The van der Waals surface area contributed by atoms with Crippen molar-refractivity contribution in [2.75, 3.05) is 5.32 Å². The molecule has 1 heteroatoms. The number of terminal acetylenes is 1. The van der Waals surface area contributed by atoms with Gasteiger partial charge in [0.15, 0.2) is 0 Å². The molecule has 0 aliphatic carbocycles. The first-order valence-corrected chi connectivity index (χ1v) is 4.93. The van der Waals surface area contributed by atoms with E-state index in [4.69, 9.17) is 6.42 Å². The van der Waals surface area contributed by atoms with Crippen molar-refractivity contribution >= 4 is 5.69 Å². The van der Waals surface area contributed by atoms with Crippen molar-refractivity contribution in [2.24, 2.45) is 0 Å². The predicted octanol–water partition coefficient (Wildman–Crippen LogP) is 3.27. The second-order valence-corrected chi connectivity index (χ2v) is 4.05. The van der Waals surface area contributed by atoms with E-state index in [0.29, 0.717) is 0 Å². The Morgan fingerprint density at radius 3 is 2.57 bits per heavy atom. The second-order valence-electron chi connectivity index (χ2n) is 4.05. The quantitative estimate of drug-likeness (QED) is 0.716. The molecule has 74 valence electrons. The molecule has 0 amide bonds. The molecule has 0 bridgehead atoms. The lowest BCUT2D eigenvalue weighted by Gasteiger charge is -2.26. The summed E-state index contributed by atoms with van der Waals surface area (Å²) in [7, 11) is 0. The molecule has 0 heterocycles. The number of hydrogen-bond acceptors (Lipinski definition) is 1. The fraction of sp³-hybridized carbons (Fsp3) is 0.385. The smallest absolute Gasteiger partial charge is 0.0503 e. The summed E-state index contributed by atoms with van der Waals surface area (Å²) in [6, 6.07) is 7.93. The maximum Gasteiger partial charge on any atom is 0.0503 e. The third-order valence-corrected chi connectivity index (χ3v) is 2.44. The summed E-state index contributed by atoms with van der Waals surface area (Å²) in [6.07, 6.45) is 6.48. The number of para-hydroxylation sites is 1. The summed E-state index contributed by atoms with van der Waals surface area (Å²) < 4.78 is 0. The number of hydrogen-bond donors (Lipinski definition) is 1. The zero-order valence-corrected chi connectivity index (χ0v) is 9.09. The molecular weight excluding hydrogens is 170 g/mol. The fourth-order valence-corrected chi connectivity index (χ4v) is 1.17. The molecular formula is C13H17N. The molecule has 0 spiro atoms. The van der Waals surface area contributed by atoms with Gasteiger partial charge in [0, 0.05) is 11.1 Å². The van der Waals surface area contributed by atoms with E-state index in [1.165, 1.54) is 0 Å². The Morgan fingerprint density at radius 2 is 2.00 bits per heavy atom. The van der Waals surface area contributed by atoms with Gasteiger partial charge in [-0.1, -0.05) is 25.0 Å². The third-order valence-electron chi connectivity index (χ3n) is 2.44. The third kappa shape index (κ3) is 2.53. The van der Waals surface area contributed by atoms with Gasteiger partial charge < -0.3 is 5.32 Å². The zero-order chi connectivity index (χ0) is 10.6. The van der Waals surface area contributed by atoms with Crippen molar-refractivity contribution in [3.8, 4) is 12.3 Å². The first-order valence-electron chi connectivity index (χ1n) is 4.93. The normalized spacial score (nSPS) is 10.7. The Morgan fingerprint density at radius 1 is 1.36 bits per heavy atom. The van der Waals surface area contributed by atoms with Gasteiger partial charge in [-0.2, -0.15) is 0 Å². The summed E-state index contributed by atoms with van der Waals surface area (Å²) >= 11 is 0. The highest BCUT2D eigenvalue weighted by Gasteiger charge is 2.14. The van der Waals surface area contributed by atoms with Crippen LogP contribution in [0.3, 0.4) is 0 Å². The molecule has 0 aromatic heterocycles. The second kappa shape index (κ2) is 4.19. The highest BCUT2D eigenvalue weighted by atomic mass is 15.0. The first-order chi connectivity index (χ1) is 6.59. The van der Waals surface area contributed by atoms with Crippen molar-refractivity contribution in [3.63, 3.8) is 0 Å². The van der Waals surface area contributed by atoms with Gasteiger partial charge in [-0.15, -0.1) is 6.42 Å². The van der Waals surface area contributed by atoms with E-state index in [2.05, 4.69) is 32.0 Å². The van der Waals surface area contributed by atoms with Gasteiger partial charge in [-0.05, 0) is 32.4 Å². The molecule has 0 aliphatic rings. The van der Waals surface area contributed by atoms with Crippen LogP contribution in [0.5, 0.6) is 0 Å². The summed E-state index contributed by atoms with van der Waals surface area (Å²) in [4.78, 5) is 0. The van der Waals surface area contributed by atoms with Gasteiger partial charge in [0.05, 0.1) is 5.69 Å². The number of anilines is 1. The highest BCUT2D eigenvalue weighted by Crippen LogP contribution is 2.20. The van der Waals surface area contributed by atoms with E-state index >= 15 is 0 Å². The maximum atomic E-state index is 5.42. The molecule has 1 aromatic rings. The molecule has 14 heavy (non-hydrogen) atoms. The van der Waals surface area contributed by atoms with E-state index in [9.17, 15) is 0 Å². The van der Waals surface area contributed by atoms with Crippen molar-refractivity contribution in [1.82, 2.24) is 0 Å². The lowest BCUT2D eigenvalue weighted by molar-refractivity contribution is 0.547. The number of benzene rings is 1. The van der Waals surface area contributed by atoms with Crippen molar-refractivity contribution in [3.05, 3.63) is 29.8 Å². The predicted molar refractivity (Wildman–Crippen MR) is 62.4 cm³/mol. The SMILES string of the molecule is C#Cc1ccccc1NC(C)(C)CC. The van der Waals surface area contributed by atoms with Crippen LogP contribution >= 0.6 is 0 Å². The van der Waals surface area contributed by atoms with Crippen LogP contribution in [0.1, 0.15) is 32.8 Å². The fourth-order valence-electron chi connectivity index (χ4n) is 1.17. The van der Waals surface area contributed by atoms with Gasteiger partial charge >= 0.3 is 0 Å². The molecule has 0 radical (unpaired) electrons. The lowest BCUT2D eigenvalue weighted by atomic mass is 10.0. The molecule has 1 rings (SSSR count). The van der Waals surface area contributed by atoms with Gasteiger partial charge in [-0.25, -0.2) is 0 Å². The van der Waals surface area contributed by atoms with Gasteiger partial charge in [0.2, 0.25) is 0 Å². The Bertz CT molecular complexity index is 344. The molecule has 0 aliphatic heterocycles. The van der Waals surface area contributed by atoms with Crippen LogP contribution in [0.15, 0.2) is 24.3 Å². The largest absolute Gasteiger partial charge is 0.379 e. The minimum atomic E-state index is 0.0902. The molecule has 0 fully saturated rings. The van der Waals surface area contributed by atoms with Gasteiger partial charge in [-0.3, -0.25) is 0 Å². The maximum absolute atomic E-state index is 5.42. The van der Waals surface area contributed by atoms with E-state index in [-0.39, 0.29) is 5.54 Å². The van der Waals surface area contributed by atoms with Crippen molar-refractivity contribution in [1.29, 1.82) is 0 Å². The minimum Gasteiger partial charge on any atom is -0.379 e. The van der Waals surface area contributed by atoms with Crippen LogP contribution in [0, 0.1) is 12.3 Å². The molecule has 1 nitrogen and oxygen atoms in total. The van der Waals surface area contributed by atoms with Crippen LogP contribution < -0.4 is 5.32 Å². The summed E-state index contributed by atoms with van der Waals surface area (Å²) in [5.41, 5.74) is 2.06. The van der Waals surface area contributed by atoms with Crippen LogP contribution in [-0.2, 0) is 0 Å². The summed E-state index contributed by atoms with van der Waals surface area (Å²) in [5, 5.41) is 3.44. The topological polar surface area (TPSA) is 12.0 Å². The molecule has 1 N–H and O–H groups in total. The first kappa shape index (κ1) is 10.7. The monoisotopic (exact) mass is 187 g/mol. The van der Waals surface area contributed by atoms with Crippen LogP contribution in [0.25, 0.3) is 0 Å². The Labute approximate surface area is 86.5 Å². The van der Waals surface area contributed by atoms with Crippen molar-refractivity contribution in [2.45, 2.75) is 32.7 Å². The number of nitrogens with one attached hydrogen (secondary N) is 1.